The number of carbonyl (C=O) groups is 5. The summed E-state index contributed by atoms with van der Waals surface area (Å²) in [6, 6.07) is 5.78. The van der Waals surface area contributed by atoms with Crippen molar-refractivity contribution < 1.29 is 57.9 Å². The minimum Gasteiger partial charge on any atom is -0.462 e. The number of ether oxygens (including phenoxy) is 5. The van der Waals surface area contributed by atoms with Crippen molar-refractivity contribution in [2.45, 2.75) is 101 Å². The molecule has 1 unspecified atom stereocenters. The lowest BCUT2D eigenvalue weighted by Crippen LogP contribution is -2.82. The second-order valence-electron chi connectivity index (χ2n) is 16.7. The zero-order valence-corrected chi connectivity index (χ0v) is 31.1. The van der Waals surface area contributed by atoms with Crippen LogP contribution >= 0.6 is 0 Å². The number of esters is 3. The molecule has 0 radical (unpaired) electrons. The summed E-state index contributed by atoms with van der Waals surface area (Å²) in [5, 5.41) is 26.8. The first-order chi connectivity index (χ1) is 25.2. The van der Waals surface area contributed by atoms with Gasteiger partial charge in [-0.2, -0.15) is 0 Å². The molecular formula is C39H50N2O12. The molecule has 1 aromatic carbocycles. The summed E-state index contributed by atoms with van der Waals surface area (Å²) in [6.07, 6.45) is -1.48. The van der Waals surface area contributed by atoms with Gasteiger partial charge in [-0.15, -0.1) is 0 Å². The number of likely N-dealkylation sites (N-methyl/N-ethyl adjacent to an activating group) is 1. The highest BCUT2D eigenvalue weighted by Crippen LogP contribution is 2.80. The van der Waals surface area contributed by atoms with Crippen LogP contribution in [0.4, 0.5) is 5.69 Å². The van der Waals surface area contributed by atoms with E-state index >= 15 is 0 Å². The number of imide groups is 1. The van der Waals surface area contributed by atoms with Crippen molar-refractivity contribution in [3.05, 3.63) is 29.8 Å². The van der Waals surface area contributed by atoms with Crippen LogP contribution in [0.2, 0.25) is 0 Å². The minimum absolute atomic E-state index is 0.0559. The Morgan fingerprint density at radius 3 is 2.36 bits per heavy atom. The van der Waals surface area contributed by atoms with E-state index in [4.69, 9.17) is 23.7 Å². The van der Waals surface area contributed by atoms with Crippen LogP contribution in [0.25, 0.3) is 0 Å². The molecule has 53 heavy (non-hydrogen) atoms. The number of likely N-dealkylation sites (tertiary alicyclic amines) is 1. The summed E-state index contributed by atoms with van der Waals surface area (Å²) in [7, 11) is 3.17. The van der Waals surface area contributed by atoms with E-state index < -0.39 is 94.1 Å². The molecule has 2 saturated heterocycles. The highest BCUT2D eigenvalue weighted by atomic mass is 16.6. The van der Waals surface area contributed by atoms with Gasteiger partial charge in [0.2, 0.25) is 11.8 Å². The highest BCUT2D eigenvalue weighted by Gasteiger charge is 2.92. The standard InChI is InChI=1S/C39H50N2O12/c1-7-40-17-36(18-51-34(46)22-10-8-9-11-25(22)41-28(44)14-19(2)33(41)45)13-12-27(49-5)38-24-15-23-26(52-20(3)42)16-37(47,29(24)30(23)53-21(4)43)39(48,35(38)40)32(50-6)31(36)38/h8-11,19,23-24,26-27,29-32,35,47-48H,7,12-18H2,1-6H3/t19-,23+,24+,26-,27-,29+,30-,31?,32-,35+,36-,37+,38+,39-/m0/s1. The van der Waals surface area contributed by atoms with Gasteiger partial charge in [-0.05, 0) is 43.9 Å². The van der Waals surface area contributed by atoms with Crippen LogP contribution in [0, 0.1) is 40.4 Å². The summed E-state index contributed by atoms with van der Waals surface area (Å²) in [4.78, 5) is 68.3. The molecule has 2 amide bonds. The summed E-state index contributed by atoms with van der Waals surface area (Å²) in [5.74, 6) is -4.99. The molecule has 0 aromatic heterocycles. The van der Waals surface area contributed by atoms with Gasteiger partial charge < -0.3 is 33.9 Å². The maximum atomic E-state index is 14.1. The molecule has 2 heterocycles. The molecule has 1 aromatic rings. The maximum Gasteiger partial charge on any atom is 0.340 e. The molecular weight excluding hydrogens is 688 g/mol. The van der Waals surface area contributed by atoms with Gasteiger partial charge in [0.25, 0.3) is 0 Å². The molecule has 2 N–H and O–H groups in total. The Morgan fingerprint density at radius 2 is 1.74 bits per heavy atom. The number of nitrogens with zero attached hydrogens (tertiary/aromatic N) is 2. The molecule has 7 fully saturated rings. The van der Waals surface area contributed by atoms with Crippen LogP contribution in [-0.4, -0.2) is 120 Å². The smallest absolute Gasteiger partial charge is 0.340 e. The predicted octanol–water partition coefficient (Wildman–Crippen LogP) is 1.87. The maximum absolute atomic E-state index is 14.1. The fraction of sp³-hybridized carbons (Fsp3) is 0.718. The monoisotopic (exact) mass is 738 g/mol. The molecule has 7 aliphatic rings. The average Bonchev–Trinajstić information content (AvgIpc) is 3.62. The van der Waals surface area contributed by atoms with Crippen molar-refractivity contribution in [3.63, 3.8) is 0 Å². The van der Waals surface area contributed by atoms with Gasteiger partial charge in [-0.3, -0.25) is 24.1 Å². The van der Waals surface area contributed by atoms with Crippen molar-refractivity contribution in [2.24, 2.45) is 40.4 Å². The van der Waals surface area contributed by atoms with Crippen LogP contribution in [0.3, 0.4) is 0 Å². The van der Waals surface area contributed by atoms with E-state index in [9.17, 15) is 34.2 Å². The number of methoxy groups -OCH3 is 2. The van der Waals surface area contributed by atoms with Crippen molar-refractivity contribution in [3.8, 4) is 0 Å². The lowest BCUT2D eigenvalue weighted by atomic mass is 9.42. The van der Waals surface area contributed by atoms with Gasteiger partial charge in [0, 0.05) is 82.0 Å². The normalized spacial score (nSPS) is 44.9. The third kappa shape index (κ3) is 4.53. The van der Waals surface area contributed by atoms with Crippen LogP contribution < -0.4 is 4.90 Å². The Kier molecular flexibility index (Phi) is 8.47. The Morgan fingerprint density at radius 1 is 1.02 bits per heavy atom. The average molecular weight is 739 g/mol. The van der Waals surface area contributed by atoms with Crippen molar-refractivity contribution in [2.75, 3.05) is 38.8 Å². The number of benzene rings is 1. The molecule has 2 aliphatic heterocycles. The van der Waals surface area contributed by atoms with E-state index in [1.54, 1.807) is 38.3 Å². The molecule has 14 heteroatoms. The molecule has 5 aliphatic carbocycles. The number of hydrogen-bond acceptors (Lipinski definition) is 13. The van der Waals surface area contributed by atoms with Crippen molar-refractivity contribution in [1.29, 1.82) is 0 Å². The van der Waals surface area contributed by atoms with Gasteiger partial charge in [0.05, 0.1) is 36.1 Å². The highest BCUT2D eigenvalue weighted by molar-refractivity contribution is 6.22. The van der Waals surface area contributed by atoms with Crippen LogP contribution in [-0.2, 0) is 42.9 Å². The lowest BCUT2D eigenvalue weighted by molar-refractivity contribution is -0.318. The molecule has 1 spiro atoms. The number of piperidine rings is 1. The van der Waals surface area contributed by atoms with Crippen molar-refractivity contribution in [1.82, 2.24) is 4.90 Å². The van der Waals surface area contributed by atoms with Crippen LogP contribution in [0.5, 0.6) is 0 Å². The van der Waals surface area contributed by atoms with Gasteiger partial charge in [-0.25, -0.2) is 9.69 Å². The molecule has 14 atom stereocenters. The Balaban J connectivity index is 1.24. The van der Waals surface area contributed by atoms with E-state index in [2.05, 4.69) is 4.90 Å². The number of amides is 2. The topological polar surface area (TPSA) is 178 Å². The van der Waals surface area contributed by atoms with E-state index in [1.807, 2.05) is 6.92 Å². The van der Waals surface area contributed by atoms with E-state index in [0.29, 0.717) is 32.4 Å². The molecule has 7 bridgehead atoms. The summed E-state index contributed by atoms with van der Waals surface area (Å²) in [5.41, 5.74) is -5.22. The largest absolute Gasteiger partial charge is 0.462 e. The molecule has 288 valence electrons. The van der Waals surface area contributed by atoms with E-state index in [0.717, 1.165) is 4.90 Å². The second kappa shape index (κ2) is 12.3. The minimum atomic E-state index is -1.94. The third-order valence-corrected chi connectivity index (χ3v) is 14.6. The van der Waals surface area contributed by atoms with Gasteiger partial charge >= 0.3 is 17.9 Å². The van der Waals surface area contributed by atoms with E-state index in [1.165, 1.54) is 21.0 Å². The summed E-state index contributed by atoms with van der Waals surface area (Å²) in [6.45, 7) is 7.14. The Hall–Kier alpha value is -3.43. The zero-order chi connectivity index (χ0) is 38.0. The number of aliphatic hydroxyl groups is 2. The Labute approximate surface area is 308 Å². The molecule has 14 nitrogen and oxygen atoms in total. The third-order valence-electron chi connectivity index (χ3n) is 14.6. The Bertz CT molecular complexity index is 1750. The fourth-order valence-electron chi connectivity index (χ4n) is 13.3. The quantitative estimate of drug-likeness (QED) is 0.213. The number of anilines is 1. The van der Waals surface area contributed by atoms with Crippen LogP contribution in [0.15, 0.2) is 24.3 Å². The first kappa shape index (κ1) is 36.5. The van der Waals surface area contributed by atoms with Crippen LogP contribution in [0.1, 0.15) is 70.2 Å². The first-order valence-electron chi connectivity index (χ1n) is 18.9. The predicted molar refractivity (Wildman–Crippen MR) is 184 cm³/mol. The lowest BCUT2D eigenvalue weighted by Gasteiger charge is -2.70. The summed E-state index contributed by atoms with van der Waals surface area (Å²) >= 11 is 0. The number of fused-ring (bicyclic) bond motifs is 2. The zero-order valence-electron chi connectivity index (χ0n) is 31.1. The SMILES string of the molecule is CCN1C[C@]2(COC(=O)c3ccccc3N3C(=O)C[C@H](C)C3=O)CC[C@H](OC)[C@]34C2[C@H](OC)[C@](O)([C@H]13)[C@@]1(O)C[C@H](OC(C)=O)[C@H]2C[C@@H]4[C@@H]1[C@H]2OC(C)=O. The van der Waals surface area contributed by atoms with Gasteiger partial charge in [-0.1, -0.05) is 26.0 Å². The fourth-order valence-corrected chi connectivity index (χ4v) is 13.3. The van der Waals surface area contributed by atoms with Crippen molar-refractivity contribution >= 4 is 35.4 Å². The molecule has 8 rings (SSSR count). The van der Waals surface area contributed by atoms with Gasteiger partial charge in [0.1, 0.15) is 23.4 Å². The number of hydrogen-bond donors (Lipinski definition) is 2. The number of para-hydroxylation sites is 1. The second-order valence-corrected chi connectivity index (χ2v) is 16.7. The molecule has 5 saturated carbocycles. The van der Waals surface area contributed by atoms with Gasteiger partial charge in [0.15, 0.2) is 0 Å². The van der Waals surface area contributed by atoms with E-state index in [-0.39, 0.29) is 48.4 Å². The first-order valence-corrected chi connectivity index (χ1v) is 18.9. The number of rotatable bonds is 9. The number of carbonyl (C=O) groups excluding carboxylic acids is 5. The summed E-state index contributed by atoms with van der Waals surface area (Å²) < 4.78 is 30.9.